The van der Waals surface area contributed by atoms with Crippen LogP contribution in [0.3, 0.4) is 0 Å². The summed E-state index contributed by atoms with van der Waals surface area (Å²) in [6, 6.07) is -1.04. The Balaban J connectivity index is 2.49. The summed E-state index contributed by atoms with van der Waals surface area (Å²) in [5.41, 5.74) is 0. The van der Waals surface area contributed by atoms with E-state index in [0.29, 0.717) is 25.7 Å². The van der Waals surface area contributed by atoms with Crippen molar-refractivity contribution in [2.75, 3.05) is 6.54 Å². The summed E-state index contributed by atoms with van der Waals surface area (Å²) in [4.78, 5) is 0. The van der Waals surface area contributed by atoms with Gasteiger partial charge >= 0.3 is 26.5 Å². The van der Waals surface area contributed by atoms with E-state index < -0.39 is 49.2 Å². The van der Waals surface area contributed by atoms with Crippen molar-refractivity contribution in [3.05, 3.63) is 0 Å². The minimum Gasteiger partial charge on any atom is -0.281 e. The number of piperidine rings is 1. The van der Waals surface area contributed by atoms with Crippen molar-refractivity contribution in [2.45, 2.75) is 61.0 Å². The Morgan fingerprint density at radius 3 is 1.85 bits per heavy atom. The first kappa shape index (κ1) is 21.7. The largest absolute Gasteiger partial charge is 0.439 e. The van der Waals surface area contributed by atoms with Crippen LogP contribution in [0, 0.1) is 5.92 Å². The molecule has 1 aliphatic carbocycles. The molecule has 2 aliphatic rings. The van der Waals surface area contributed by atoms with E-state index in [1.807, 2.05) is 0 Å². The molecule has 14 heteroatoms. The van der Waals surface area contributed by atoms with Gasteiger partial charge in [-0.15, -0.1) is 0 Å². The average molecular weight is 433 g/mol. The third-order valence-corrected chi connectivity index (χ3v) is 7.76. The predicted molar refractivity (Wildman–Crippen MR) is 77.0 cm³/mol. The van der Waals surface area contributed by atoms with E-state index in [9.17, 15) is 43.2 Å². The average Bonchev–Trinajstić information content (AvgIpc) is 2.52. The smallest absolute Gasteiger partial charge is 0.281 e. The van der Waals surface area contributed by atoms with Crippen LogP contribution in [0.4, 0.5) is 26.3 Å². The lowest BCUT2D eigenvalue weighted by Gasteiger charge is -2.44. The van der Waals surface area contributed by atoms with Crippen LogP contribution in [0.25, 0.3) is 0 Å². The highest BCUT2D eigenvalue weighted by Crippen LogP contribution is 2.52. The molecule has 1 saturated heterocycles. The molecule has 0 aromatic rings. The minimum atomic E-state index is -7.00. The molecule has 1 heterocycles. The first-order chi connectivity index (χ1) is 11.6. The summed E-state index contributed by atoms with van der Waals surface area (Å²) in [7, 11) is -13.3. The molecule has 0 bridgehead atoms. The van der Waals surface area contributed by atoms with Crippen LogP contribution in [-0.4, -0.2) is 54.7 Å². The lowest BCUT2D eigenvalue weighted by Crippen LogP contribution is -2.65. The topological polar surface area (TPSA) is 91.7 Å². The van der Waals surface area contributed by atoms with Crippen LogP contribution >= 0.6 is 0 Å². The molecule has 1 aliphatic heterocycles. The van der Waals surface area contributed by atoms with Gasteiger partial charge in [-0.2, -0.15) is 39.1 Å². The van der Waals surface area contributed by atoms with E-state index >= 15 is 0 Å². The second-order valence-electron chi connectivity index (χ2n) is 6.45. The summed E-state index contributed by atoms with van der Waals surface area (Å²) in [5, 5.41) is -13.1. The molecule has 0 radical (unpaired) electrons. The Morgan fingerprint density at radius 1 is 0.808 bits per heavy atom. The molecule has 2 atom stereocenters. The monoisotopic (exact) mass is 433 g/mol. The summed E-state index contributed by atoms with van der Waals surface area (Å²) >= 11 is 0. The third-order valence-electron chi connectivity index (χ3n) is 4.88. The maximum Gasteiger partial charge on any atom is 0.439 e. The number of nitrogens with zero attached hydrogens (tertiary/aromatic N) is 1. The number of halogens is 6. The first-order valence-electron chi connectivity index (χ1n) is 7.71. The normalized spacial score (nSPS) is 27.2. The van der Waals surface area contributed by atoms with Crippen LogP contribution in [0.5, 0.6) is 0 Å². The molecule has 1 N–H and O–H groups in total. The Hall–Kier alpha value is -0.600. The van der Waals surface area contributed by atoms with Gasteiger partial charge in [-0.1, -0.05) is 12.8 Å². The maximum atomic E-state index is 14.1. The fourth-order valence-electron chi connectivity index (χ4n) is 3.52. The Labute approximate surface area is 146 Å². The van der Waals surface area contributed by atoms with E-state index in [-0.39, 0.29) is 23.1 Å². The molecule has 1 saturated carbocycles. The van der Waals surface area contributed by atoms with E-state index in [4.69, 9.17) is 4.55 Å². The van der Waals surface area contributed by atoms with E-state index in [0.717, 1.165) is 0 Å². The van der Waals surface area contributed by atoms with Gasteiger partial charge in [-0.05, 0) is 31.6 Å². The van der Waals surface area contributed by atoms with Gasteiger partial charge in [0.1, 0.15) is 0 Å². The molecule has 6 nitrogen and oxygen atoms in total. The first-order valence-corrected chi connectivity index (χ1v) is 10.6. The van der Waals surface area contributed by atoms with Crippen LogP contribution < -0.4 is 0 Å². The molecule has 0 aromatic carbocycles. The fraction of sp³-hybridized carbons (Fsp3) is 1.00. The summed E-state index contributed by atoms with van der Waals surface area (Å²) < 4.78 is 136. The van der Waals surface area contributed by atoms with Crippen LogP contribution in [0.2, 0.25) is 0 Å². The van der Waals surface area contributed by atoms with Crippen LogP contribution in [0.1, 0.15) is 38.5 Å². The molecule has 0 amide bonds. The molecule has 2 unspecified atom stereocenters. The van der Waals surface area contributed by atoms with Crippen molar-refractivity contribution in [3.63, 3.8) is 0 Å². The van der Waals surface area contributed by atoms with Gasteiger partial charge in [0, 0.05) is 12.6 Å². The lowest BCUT2D eigenvalue weighted by molar-refractivity contribution is -0.247. The SMILES string of the molecule is O=S(=O)(O)C(F)(F)C(F)(F)C(F)(F)S(=O)(=O)N1CCCC2CCCCC21. The molecular formula is C12H17F6NO5S2. The zero-order chi connectivity index (χ0) is 20.2. The van der Waals surface area contributed by atoms with Gasteiger partial charge in [-0.3, -0.25) is 4.55 Å². The highest BCUT2D eigenvalue weighted by atomic mass is 32.2. The number of alkyl halides is 6. The van der Waals surface area contributed by atoms with Crippen molar-refractivity contribution < 1.29 is 47.7 Å². The van der Waals surface area contributed by atoms with E-state index in [2.05, 4.69) is 0 Å². The standard InChI is InChI=1S/C12H17F6NO5S2/c13-10(14,12(17,18)26(22,23)24)11(15,16)25(20,21)19-7-3-5-8-4-1-2-6-9(8)19/h8-9H,1-7H2,(H,22,23,24). The van der Waals surface area contributed by atoms with Crippen molar-refractivity contribution in [1.29, 1.82) is 0 Å². The summed E-state index contributed by atoms with van der Waals surface area (Å²) in [5.74, 6) is -7.24. The second-order valence-corrected chi connectivity index (χ2v) is 9.85. The number of rotatable bonds is 5. The van der Waals surface area contributed by atoms with Crippen molar-refractivity contribution in [1.82, 2.24) is 4.31 Å². The number of sulfonamides is 1. The van der Waals surface area contributed by atoms with Gasteiger partial charge < -0.3 is 0 Å². The second kappa shape index (κ2) is 6.48. The summed E-state index contributed by atoms with van der Waals surface area (Å²) in [6.45, 7) is -0.563. The highest BCUT2D eigenvalue weighted by Gasteiger charge is 2.83. The van der Waals surface area contributed by atoms with E-state index in [1.165, 1.54) is 0 Å². The summed E-state index contributed by atoms with van der Waals surface area (Å²) in [6.07, 6.45) is 2.31. The number of hydrogen-bond acceptors (Lipinski definition) is 4. The molecule has 2 fully saturated rings. The van der Waals surface area contributed by atoms with Crippen molar-refractivity contribution in [3.8, 4) is 0 Å². The van der Waals surface area contributed by atoms with Crippen molar-refractivity contribution >= 4 is 20.1 Å². The molecule has 0 spiro atoms. The quantitative estimate of drug-likeness (QED) is 0.532. The molecule has 2 rings (SSSR count). The van der Waals surface area contributed by atoms with Gasteiger partial charge in [0.15, 0.2) is 0 Å². The fourth-order valence-corrected chi connectivity index (χ4v) is 5.79. The molecule has 0 aromatic heterocycles. The zero-order valence-electron chi connectivity index (χ0n) is 13.2. The Kier molecular flexibility index (Phi) is 5.41. The maximum absolute atomic E-state index is 14.1. The zero-order valence-corrected chi connectivity index (χ0v) is 14.8. The van der Waals surface area contributed by atoms with E-state index in [1.54, 1.807) is 0 Å². The van der Waals surface area contributed by atoms with Gasteiger partial charge in [0.05, 0.1) is 0 Å². The highest BCUT2D eigenvalue weighted by molar-refractivity contribution is 7.90. The van der Waals surface area contributed by atoms with Gasteiger partial charge in [-0.25, -0.2) is 8.42 Å². The van der Waals surface area contributed by atoms with Crippen LogP contribution in [0.15, 0.2) is 0 Å². The lowest BCUT2D eigenvalue weighted by atomic mass is 9.79. The third kappa shape index (κ3) is 3.02. The van der Waals surface area contributed by atoms with Crippen LogP contribution in [-0.2, 0) is 20.1 Å². The van der Waals surface area contributed by atoms with Gasteiger partial charge in [0.25, 0.3) is 10.0 Å². The Morgan fingerprint density at radius 2 is 1.31 bits per heavy atom. The molecular weight excluding hydrogens is 416 g/mol. The number of hydrogen-bond donors (Lipinski definition) is 1. The van der Waals surface area contributed by atoms with Gasteiger partial charge in [0.2, 0.25) is 0 Å². The predicted octanol–water partition coefficient (Wildman–Crippen LogP) is 2.68. The Bertz CT molecular complexity index is 752. The molecule has 154 valence electrons. The molecule has 26 heavy (non-hydrogen) atoms. The minimum absolute atomic E-state index is 0.0801. The number of fused-ring (bicyclic) bond motifs is 1. The van der Waals surface area contributed by atoms with Crippen molar-refractivity contribution in [2.24, 2.45) is 5.92 Å².